The van der Waals surface area contributed by atoms with Crippen molar-refractivity contribution in [2.24, 2.45) is 5.92 Å². The predicted molar refractivity (Wildman–Crippen MR) is 77.8 cm³/mol. The number of hydrogen-bond acceptors (Lipinski definition) is 2. The van der Waals surface area contributed by atoms with E-state index in [1.807, 2.05) is 17.2 Å². The number of hydrogen-bond donors (Lipinski definition) is 1. The Morgan fingerprint density at radius 1 is 1.45 bits per heavy atom. The molecule has 0 spiro atoms. The maximum atomic E-state index is 12.6. The third kappa shape index (κ3) is 3.06. The first kappa shape index (κ1) is 13.7. The van der Waals surface area contributed by atoms with E-state index in [1.165, 1.54) is 12.8 Å². The Bertz CT molecular complexity index is 465. The quantitative estimate of drug-likeness (QED) is 0.898. The number of carbonyl (C=O) groups is 1. The molecule has 4 nitrogen and oxygen atoms in total. The van der Waals surface area contributed by atoms with Crippen LogP contribution < -0.4 is 0 Å². The second kappa shape index (κ2) is 6.00. The summed E-state index contributed by atoms with van der Waals surface area (Å²) in [6, 6.07) is 1.90. The molecule has 1 atom stereocenters. The molecule has 0 bridgehead atoms. The minimum Gasteiger partial charge on any atom is -0.376 e. The maximum Gasteiger partial charge on any atom is 0.255 e. The van der Waals surface area contributed by atoms with Crippen LogP contribution in [0.3, 0.4) is 0 Å². The van der Waals surface area contributed by atoms with E-state index in [0.717, 1.165) is 56.1 Å². The SMILES string of the molecule is CCc1[nH]ccc1C(=O)N1CCCC(OCC2CC2)C1. The Morgan fingerprint density at radius 3 is 3.05 bits per heavy atom. The van der Waals surface area contributed by atoms with Crippen molar-refractivity contribution >= 4 is 5.91 Å². The van der Waals surface area contributed by atoms with E-state index in [9.17, 15) is 4.79 Å². The van der Waals surface area contributed by atoms with Crippen LogP contribution in [0.4, 0.5) is 0 Å². The summed E-state index contributed by atoms with van der Waals surface area (Å²) < 4.78 is 5.96. The Labute approximate surface area is 120 Å². The zero-order valence-electron chi connectivity index (χ0n) is 12.2. The van der Waals surface area contributed by atoms with Crippen molar-refractivity contribution in [3.63, 3.8) is 0 Å². The molecule has 0 aromatic carbocycles. The minimum atomic E-state index is 0.155. The average Bonchev–Trinajstić information content (AvgIpc) is 3.20. The summed E-state index contributed by atoms with van der Waals surface area (Å²) in [5.74, 6) is 0.945. The lowest BCUT2D eigenvalue weighted by atomic mass is 10.1. The lowest BCUT2D eigenvalue weighted by molar-refractivity contribution is -0.00245. The first-order valence-electron chi connectivity index (χ1n) is 7.85. The first-order chi connectivity index (χ1) is 9.78. The zero-order chi connectivity index (χ0) is 13.9. The lowest BCUT2D eigenvalue weighted by Gasteiger charge is -2.32. The highest BCUT2D eigenvalue weighted by atomic mass is 16.5. The molecular formula is C16H24N2O2. The Balaban J connectivity index is 1.59. The minimum absolute atomic E-state index is 0.155. The van der Waals surface area contributed by atoms with Crippen LogP contribution >= 0.6 is 0 Å². The van der Waals surface area contributed by atoms with Gasteiger partial charge in [-0.1, -0.05) is 6.92 Å². The molecule has 0 radical (unpaired) electrons. The smallest absolute Gasteiger partial charge is 0.255 e. The number of carbonyl (C=O) groups excluding carboxylic acids is 1. The number of aromatic amines is 1. The highest BCUT2D eigenvalue weighted by molar-refractivity contribution is 5.95. The van der Waals surface area contributed by atoms with Gasteiger partial charge in [-0.3, -0.25) is 4.79 Å². The predicted octanol–water partition coefficient (Wildman–Crippen LogP) is 2.61. The molecule has 2 fully saturated rings. The number of rotatable bonds is 5. The molecule has 4 heteroatoms. The van der Waals surface area contributed by atoms with Crippen molar-refractivity contribution in [1.29, 1.82) is 0 Å². The van der Waals surface area contributed by atoms with Gasteiger partial charge in [-0.25, -0.2) is 0 Å². The fourth-order valence-electron chi connectivity index (χ4n) is 2.88. The monoisotopic (exact) mass is 276 g/mol. The van der Waals surface area contributed by atoms with Crippen molar-refractivity contribution in [3.05, 3.63) is 23.5 Å². The lowest BCUT2D eigenvalue weighted by Crippen LogP contribution is -2.43. The molecule has 110 valence electrons. The number of likely N-dealkylation sites (tertiary alicyclic amines) is 1. The van der Waals surface area contributed by atoms with Crippen LogP contribution in [0.25, 0.3) is 0 Å². The van der Waals surface area contributed by atoms with Crippen LogP contribution in [0.15, 0.2) is 12.3 Å². The number of nitrogens with one attached hydrogen (secondary N) is 1. The summed E-state index contributed by atoms with van der Waals surface area (Å²) in [4.78, 5) is 17.7. The number of ether oxygens (including phenoxy) is 1. The summed E-state index contributed by atoms with van der Waals surface area (Å²) in [5.41, 5.74) is 1.87. The van der Waals surface area contributed by atoms with Gasteiger partial charge >= 0.3 is 0 Å². The molecule has 1 N–H and O–H groups in total. The van der Waals surface area contributed by atoms with Crippen LogP contribution in [0.5, 0.6) is 0 Å². The van der Waals surface area contributed by atoms with Crippen LogP contribution in [0.1, 0.15) is 48.7 Å². The molecule has 1 amide bonds. The molecule has 2 heterocycles. The van der Waals surface area contributed by atoms with E-state index in [4.69, 9.17) is 4.74 Å². The third-order valence-electron chi connectivity index (χ3n) is 4.35. The standard InChI is InChI=1S/C16H24N2O2/c1-2-15-14(7-8-17-15)16(19)18-9-3-4-13(10-18)20-11-12-5-6-12/h7-8,12-13,17H,2-6,9-11H2,1H3. The van der Waals surface area contributed by atoms with Crippen LogP contribution in [0, 0.1) is 5.92 Å². The zero-order valence-corrected chi connectivity index (χ0v) is 12.2. The fourth-order valence-corrected chi connectivity index (χ4v) is 2.88. The molecule has 3 rings (SSSR count). The van der Waals surface area contributed by atoms with Gasteiger partial charge in [0.1, 0.15) is 0 Å². The summed E-state index contributed by atoms with van der Waals surface area (Å²) in [6.07, 6.45) is 7.73. The van der Waals surface area contributed by atoms with Crippen LogP contribution in [0.2, 0.25) is 0 Å². The highest BCUT2D eigenvalue weighted by Gasteiger charge is 2.28. The van der Waals surface area contributed by atoms with E-state index < -0.39 is 0 Å². The van der Waals surface area contributed by atoms with Gasteiger partial charge in [-0.2, -0.15) is 0 Å². The molecule has 2 aliphatic rings. The van der Waals surface area contributed by atoms with Gasteiger partial charge < -0.3 is 14.6 Å². The highest BCUT2D eigenvalue weighted by Crippen LogP contribution is 2.30. The van der Waals surface area contributed by atoms with Crippen LogP contribution in [-0.4, -0.2) is 41.6 Å². The molecule has 20 heavy (non-hydrogen) atoms. The Hall–Kier alpha value is -1.29. The van der Waals surface area contributed by atoms with Gasteiger partial charge in [0.2, 0.25) is 0 Å². The van der Waals surface area contributed by atoms with E-state index in [2.05, 4.69) is 11.9 Å². The second-order valence-electron chi connectivity index (χ2n) is 6.02. The summed E-state index contributed by atoms with van der Waals surface area (Å²) >= 11 is 0. The van der Waals surface area contributed by atoms with Crippen molar-refractivity contribution in [2.75, 3.05) is 19.7 Å². The Morgan fingerprint density at radius 2 is 2.30 bits per heavy atom. The molecule has 1 saturated heterocycles. The van der Waals surface area contributed by atoms with Crippen LogP contribution in [-0.2, 0) is 11.2 Å². The van der Waals surface area contributed by atoms with Gasteiger partial charge in [-0.05, 0) is 44.1 Å². The normalized spacial score (nSPS) is 23.1. The maximum absolute atomic E-state index is 12.6. The van der Waals surface area contributed by atoms with E-state index in [0.29, 0.717) is 0 Å². The molecule has 1 aliphatic heterocycles. The fraction of sp³-hybridized carbons (Fsp3) is 0.688. The third-order valence-corrected chi connectivity index (χ3v) is 4.35. The van der Waals surface area contributed by atoms with E-state index >= 15 is 0 Å². The van der Waals surface area contributed by atoms with Gasteiger partial charge in [0.05, 0.1) is 11.7 Å². The number of piperidine rings is 1. The largest absolute Gasteiger partial charge is 0.376 e. The number of amides is 1. The van der Waals surface area contributed by atoms with Crippen molar-refractivity contribution < 1.29 is 9.53 Å². The van der Waals surface area contributed by atoms with Crippen molar-refractivity contribution in [2.45, 2.75) is 45.1 Å². The first-order valence-corrected chi connectivity index (χ1v) is 7.85. The molecule has 1 unspecified atom stereocenters. The van der Waals surface area contributed by atoms with Gasteiger partial charge in [0, 0.05) is 31.6 Å². The second-order valence-corrected chi connectivity index (χ2v) is 6.02. The van der Waals surface area contributed by atoms with E-state index in [1.54, 1.807) is 0 Å². The van der Waals surface area contributed by atoms with Gasteiger partial charge in [0.15, 0.2) is 0 Å². The van der Waals surface area contributed by atoms with Crippen molar-refractivity contribution in [1.82, 2.24) is 9.88 Å². The van der Waals surface area contributed by atoms with Gasteiger partial charge in [-0.15, -0.1) is 0 Å². The molecule has 1 aromatic heterocycles. The number of aryl methyl sites for hydroxylation is 1. The van der Waals surface area contributed by atoms with E-state index in [-0.39, 0.29) is 12.0 Å². The Kier molecular flexibility index (Phi) is 4.10. The molecular weight excluding hydrogens is 252 g/mol. The summed E-state index contributed by atoms with van der Waals surface area (Å²) in [7, 11) is 0. The average molecular weight is 276 g/mol. The molecule has 1 aliphatic carbocycles. The topological polar surface area (TPSA) is 45.3 Å². The summed E-state index contributed by atoms with van der Waals surface area (Å²) in [5, 5.41) is 0. The number of aromatic nitrogens is 1. The van der Waals surface area contributed by atoms with Crippen molar-refractivity contribution in [3.8, 4) is 0 Å². The molecule has 1 aromatic rings. The number of H-pyrrole nitrogens is 1. The summed E-state index contributed by atoms with van der Waals surface area (Å²) in [6.45, 7) is 4.56. The number of nitrogens with zero attached hydrogens (tertiary/aromatic N) is 1. The molecule has 1 saturated carbocycles. The van der Waals surface area contributed by atoms with Gasteiger partial charge in [0.25, 0.3) is 5.91 Å².